The third kappa shape index (κ3) is 6.98. The SMILES string of the molecule is Cc1c(CC(=O)OCCCCO[N+](=O)[O-])cc(-c2ccc(S(C)(=O)=O)cc2)n1-c1ccc(C=S)cc1. The molecule has 0 atom stereocenters. The van der Waals surface area contributed by atoms with E-state index in [0.29, 0.717) is 12.8 Å². The van der Waals surface area contributed by atoms with E-state index >= 15 is 0 Å². The number of aromatic nitrogens is 1. The lowest BCUT2D eigenvalue weighted by atomic mass is 10.1. The summed E-state index contributed by atoms with van der Waals surface area (Å²) in [6.45, 7) is 1.99. The normalized spacial score (nSPS) is 11.2. The number of nitrogens with zero attached hydrogens (tertiary/aromatic N) is 2. The summed E-state index contributed by atoms with van der Waals surface area (Å²) in [5.74, 6) is -0.416. The summed E-state index contributed by atoms with van der Waals surface area (Å²) >= 11 is 5.00. The van der Waals surface area contributed by atoms with Gasteiger partial charge in [0.25, 0.3) is 5.09 Å². The zero-order valence-electron chi connectivity index (χ0n) is 19.9. The molecule has 0 bridgehead atoms. The molecule has 3 rings (SSSR count). The molecule has 0 aliphatic heterocycles. The van der Waals surface area contributed by atoms with E-state index in [4.69, 9.17) is 17.0 Å². The number of sulfone groups is 1. The van der Waals surface area contributed by atoms with Crippen LogP contribution in [0.25, 0.3) is 16.9 Å². The lowest BCUT2D eigenvalue weighted by Gasteiger charge is -2.13. The molecule has 2 aromatic carbocycles. The predicted molar refractivity (Wildman–Crippen MR) is 139 cm³/mol. The van der Waals surface area contributed by atoms with E-state index in [1.165, 1.54) is 0 Å². The summed E-state index contributed by atoms with van der Waals surface area (Å²) in [6.07, 6.45) is 2.04. The van der Waals surface area contributed by atoms with Crippen molar-refractivity contribution < 1.29 is 27.9 Å². The van der Waals surface area contributed by atoms with Crippen molar-refractivity contribution in [3.63, 3.8) is 0 Å². The summed E-state index contributed by atoms with van der Waals surface area (Å²) in [7, 11) is -3.33. The molecule has 190 valence electrons. The van der Waals surface area contributed by atoms with E-state index < -0.39 is 20.9 Å². The molecule has 36 heavy (non-hydrogen) atoms. The van der Waals surface area contributed by atoms with Crippen molar-refractivity contribution in [1.82, 2.24) is 4.57 Å². The third-order valence-electron chi connectivity index (χ3n) is 5.55. The van der Waals surface area contributed by atoms with Crippen molar-refractivity contribution in [2.24, 2.45) is 0 Å². The smallest absolute Gasteiger partial charge is 0.310 e. The molecule has 0 saturated carbocycles. The average Bonchev–Trinajstić information content (AvgIpc) is 3.16. The van der Waals surface area contributed by atoms with E-state index in [-0.39, 0.29) is 24.5 Å². The Morgan fingerprint density at radius 1 is 1.08 bits per heavy atom. The van der Waals surface area contributed by atoms with Gasteiger partial charge in [0.2, 0.25) is 0 Å². The van der Waals surface area contributed by atoms with Crippen molar-refractivity contribution in [3.8, 4) is 16.9 Å². The first kappa shape index (κ1) is 27.0. The third-order valence-corrected chi connectivity index (χ3v) is 6.95. The van der Waals surface area contributed by atoms with E-state index in [1.54, 1.807) is 29.6 Å². The predicted octanol–water partition coefficient (Wildman–Crippen LogP) is 4.28. The standard InChI is InChI=1S/C25H26N2O7S2/c1-18-21(16-25(28)33-13-3-4-14-34-27(29)30)15-24(20-7-11-23(12-8-20)36(2,31)32)26(18)22-9-5-19(17-35)6-10-22/h5-12,15,17H,3-4,13-14,16H2,1-2H3. The molecule has 9 nitrogen and oxygen atoms in total. The molecule has 0 fully saturated rings. The second-order valence-corrected chi connectivity index (χ2v) is 10.4. The summed E-state index contributed by atoms with van der Waals surface area (Å²) in [5, 5.41) is 10.9. The highest BCUT2D eigenvalue weighted by Crippen LogP contribution is 2.31. The number of esters is 1. The minimum atomic E-state index is -3.33. The van der Waals surface area contributed by atoms with Gasteiger partial charge in [-0.15, -0.1) is 10.1 Å². The molecule has 0 radical (unpaired) electrons. The molecule has 0 spiro atoms. The number of rotatable bonds is 12. The maximum Gasteiger partial charge on any atom is 0.310 e. The van der Waals surface area contributed by atoms with Gasteiger partial charge < -0.3 is 14.1 Å². The van der Waals surface area contributed by atoms with Crippen LogP contribution in [-0.2, 0) is 30.6 Å². The number of ether oxygens (including phenoxy) is 1. The first-order valence-corrected chi connectivity index (χ1v) is 13.5. The number of carbonyl (C=O) groups excluding carboxylic acids is 1. The number of benzene rings is 2. The fraction of sp³-hybridized carbons (Fsp3) is 0.280. The lowest BCUT2D eigenvalue weighted by Crippen LogP contribution is -2.11. The maximum atomic E-state index is 12.5. The molecule has 1 heterocycles. The quantitative estimate of drug-likeness (QED) is 0.112. The van der Waals surface area contributed by atoms with Gasteiger partial charge in [-0.05, 0) is 66.8 Å². The Morgan fingerprint density at radius 2 is 1.72 bits per heavy atom. The van der Waals surface area contributed by atoms with Crippen LogP contribution >= 0.6 is 12.2 Å². The number of hydrogen-bond acceptors (Lipinski definition) is 8. The van der Waals surface area contributed by atoms with E-state index in [9.17, 15) is 23.3 Å². The second kappa shape index (κ2) is 11.9. The van der Waals surface area contributed by atoms with Gasteiger partial charge in [-0.1, -0.05) is 36.5 Å². The van der Waals surface area contributed by atoms with Crippen molar-refractivity contribution in [1.29, 1.82) is 0 Å². The Bertz CT molecular complexity index is 1350. The Balaban J connectivity index is 1.86. The van der Waals surface area contributed by atoms with Crippen LogP contribution in [0, 0.1) is 17.0 Å². The van der Waals surface area contributed by atoms with Gasteiger partial charge in [0.1, 0.15) is 0 Å². The molecule has 0 aliphatic rings. The molecular weight excluding hydrogens is 504 g/mol. The van der Waals surface area contributed by atoms with Gasteiger partial charge in [-0.3, -0.25) is 4.79 Å². The van der Waals surface area contributed by atoms with Crippen LogP contribution in [-0.4, -0.2) is 48.9 Å². The molecule has 0 unspecified atom stereocenters. The summed E-state index contributed by atoms with van der Waals surface area (Å²) in [6, 6.07) is 16.1. The van der Waals surface area contributed by atoms with Crippen molar-refractivity contribution in [3.05, 3.63) is 81.5 Å². The number of unbranched alkanes of at least 4 members (excludes halogenated alkanes) is 1. The maximum absolute atomic E-state index is 12.5. The number of hydrogen-bond donors (Lipinski definition) is 0. The first-order valence-electron chi connectivity index (χ1n) is 11.1. The number of carbonyl (C=O) groups is 1. The fourth-order valence-corrected chi connectivity index (χ4v) is 4.48. The van der Waals surface area contributed by atoms with Crippen LogP contribution in [0.4, 0.5) is 0 Å². The van der Waals surface area contributed by atoms with Crippen molar-refractivity contribution in [2.45, 2.75) is 31.1 Å². The Hall–Kier alpha value is -3.57. The Morgan fingerprint density at radius 3 is 2.31 bits per heavy atom. The van der Waals surface area contributed by atoms with Crippen molar-refractivity contribution >= 4 is 33.4 Å². The molecular formula is C25H26N2O7S2. The zero-order chi connectivity index (χ0) is 26.3. The van der Waals surface area contributed by atoms with Crippen LogP contribution in [0.5, 0.6) is 0 Å². The molecule has 0 saturated heterocycles. The van der Waals surface area contributed by atoms with Crippen LogP contribution in [0.2, 0.25) is 0 Å². The molecule has 1 aromatic heterocycles. The van der Waals surface area contributed by atoms with Gasteiger partial charge in [0.15, 0.2) is 9.84 Å². The molecule has 0 N–H and O–H groups in total. The minimum absolute atomic E-state index is 0.0384. The Kier molecular flexibility index (Phi) is 8.94. The van der Waals surface area contributed by atoms with Gasteiger partial charge in [0.05, 0.1) is 30.2 Å². The Labute approximate surface area is 214 Å². The van der Waals surface area contributed by atoms with Gasteiger partial charge in [0, 0.05) is 23.0 Å². The lowest BCUT2D eigenvalue weighted by molar-refractivity contribution is -0.757. The molecule has 3 aromatic rings. The summed E-state index contributed by atoms with van der Waals surface area (Å²) < 4.78 is 31.1. The van der Waals surface area contributed by atoms with E-state index in [0.717, 1.165) is 40.0 Å². The molecule has 11 heteroatoms. The highest BCUT2D eigenvalue weighted by Gasteiger charge is 2.18. The van der Waals surface area contributed by atoms with Crippen molar-refractivity contribution in [2.75, 3.05) is 19.5 Å². The highest BCUT2D eigenvalue weighted by molar-refractivity contribution is 7.90. The second-order valence-electron chi connectivity index (χ2n) is 8.14. The number of thiocarbonyl (C=S) groups is 1. The minimum Gasteiger partial charge on any atom is -0.465 e. The zero-order valence-corrected chi connectivity index (χ0v) is 21.5. The topological polar surface area (TPSA) is 118 Å². The van der Waals surface area contributed by atoms with E-state index in [2.05, 4.69) is 4.84 Å². The summed E-state index contributed by atoms with van der Waals surface area (Å²) in [4.78, 5) is 27.1. The van der Waals surface area contributed by atoms with Gasteiger partial charge in [-0.25, -0.2) is 8.42 Å². The first-order chi connectivity index (χ1) is 17.1. The van der Waals surface area contributed by atoms with E-state index in [1.807, 2.05) is 41.8 Å². The monoisotopic (exact) mass is 530 g/mol. The fourth-order valence-electron chi connectivity index (χ4n) is 3.69. The van der Waals surface area contributed by atoms with Crippen LogP contribution in [0.15, 0.2) is 59.5 Å². The van der Waals surface area contributed by atoms with Gasteiger partial charge in [-0.2, -0.15) is 0 Å². The highest BCUT2D eigenvalue weighted by atomic mass is 32.2. The van der Waals surface area contributed by atoms with Crippen LogP contribution in [0.1, 0.15) is 29.7 Å². The largest absolute Gasteiger partial charge is 0.465 e. The van der Waals surface area contributed by atoms with Gasteiger partial charge >= 0.3 is 5.97 Å². The average molecular weight is 531 g/mol. The summed E-state index contributed by atoms with van der Waals surface area (Å²) in [5.41, 5.74) is 4.93. The van der Waals surface area contributed by atoms with Crippen LogP contribution < -0.4 is 0 Å². The van der Waals surface area contributed by atoms with Crippen LogP contribution in [0.3, 0.4) is 0 Å². The molecule has 0 aliphatic carbocycles. The molecule has 0 amide bonds.